The molecule has 5 nitrogen and oxygen atoms in total. The van der Waals surface area contributed by atoms with Crippen LogP contribution in [0.25, 0.3) is 10.2 Å². The first-order chi connectivity index (χ1) is 12.9. The van der Waals surface area contributed by atoms with Gasteiger partial charge in [0, 0.05) is 17.4 Å². The highest BCUT2D eigenvalue weighted by Crippen LogP contribution is 2.25. The average Bonchev–Trinajstić information content (AvgIpc) is 2.99. The minimum atomic E-state index is -3.36. The van der Waals surface area contributed by atoms with E-state index >= 15 is 0 Å². The van der Waals surface area contributed by atoms with E-state index in [-0.39, 0.29) is 17.9 Å². The summed E-state index contributed by atoms with van der Waals surface area (Å²) >= 11 is 4.96. The number of aromatic nitrogens is 1. The second kappa shape index (κ2) is 8.50. The van der Waals surface area contributed by atoms with Gasteiger partial charge in [-0.3, -0.25) is 4.79 Å². The maximum Gasteiger partial charge on any atom is 0.249 e. The zero-order chi connectivity index (χ0) is 19.4. The molecule has 1 heterocycles. The number of hydrogen-bond acceptors (Lipinski definition) is 4. The van der Waals surface area contributed by atoms with E-state index in [0.717, 1.165) is 20.3 Å². The van der Waals surface area contributed by atoms with Crippen LogP contribution in [0.2, 0.25) is 0 Å². The Hall–Kier alpha value is -1.77. The zero-order valence-electron chi connectivity index (χ0n) is 14.8. The lowest BCUT2D eigenvalue weighted by Crippen LogP contribution is -2.18. The molecule has 0 bridgehead atoms. The van der Waals surface area contributed by atoms with Crippen molar-refractivity contribution in [1.29, 1.82) is 0 Å². The molecule has 0 radical (unpaired) electrons. The molecule has 0 atom stereocenters. The monoisotopic (exact) mass is 466 g/mol. The van der Waals surface area contributed by atoms with Gasteiger partial charge in [0.05, 0.1) is 21.7 Å². The summed E-state index contributed by atoms with van der Waals surface area (Å²) in [5, 5.41) is 0. The fraction of sp³-hybridized carbons (Fsp3) is 0.263. The van der Waals surface area contributed by atoms with Crippen LogP contribution in [-0.2, 0) is 26.9 Å². The highest BCUT2D eigenvalue weighted by Gasteiger charge is 2.15. The van der Waals surface area contributed by atoms with E-state index in [1.807, 2.05) is 35.8 Å². The minimum Gasteiger partial charge on any atom is -0.316 e. The van der Waals surface area contributed by atoms with Gasteiger partial charge >= 0.3 is 0 Å². The molecular formula is C19H19BrN2O3S2. The van der Waals surface area contributed by atoms with Gasteiger partial charge in [0.15, 0.2) is 14.6 Å². The van der Waals surface area contributed by atoms with Crippen molar-refractivity contribution < 1.29 is 13.2 Å². The minimum absolute atomic E-state index is 0.0636. The van der Waals surface area contributed by atoms with Crippen LogP contribution in [0.1, 0.15) is 18.9 Å². The first-order valence-electron chi connectivity index (χ1n) is 8.49. The number of para-hydroxylation sites is 1. The number of aryl methyl sites for hydroxylation is 1. The summed E-state index contributed by atoms with van der Waals surface area (Å²) in [7, 11) is -3.36. The summed E-state index contributed by atoms with van der Waals surface area (Å²) in [6.45, 7) is 2.65. The first-order valence-corrected chi connectivity index (χ1v) is 11.9. The molecule has 0 aliphatic heterocycles. The van der Waals surface area contributed by atoms with Crippen molar-refractivity contribution in [2.24, 2.45) is 4.99 Å². The lowest BCUT2D eigenvalue weighted by molar-refractivity contribution is -0.117. The molecule has 0 unspecified atom stereocenters. The second-order valence-corrected chi connectivity index (χ2v) is 10.1. The molecule has 1 amide bonds. The van der Waals surface area contributed by atoms with E-state index in [1.54, 1.807) is 24.3 Å². The molecule has 0 N–H and O–H groups in total. The van der Waals surface area contributed by atoms with Crippen LogP contribution in [0.15, 0.2) is 58.0 Å². The molecule has 0 saturated heterocycles. The Morgan fingerprint density at radius 1 is 1.15 bits per heavy atom. The summed E-state index contributed by atoms with van der Waals surface area (Å²) in [6, 6.07) is 14.8. The van der Waals surface area contributed by atoms with E-state index in [0.29, 0.717) is 11.3 Å². The molecule has 142 valence electrons. The number of amides is 1. The van der Waals surface area contributed by atoms with Crippen molar-refractivity contribution in [1.82, 2.24) is 4.57 Å². The van der Waals surface area contributed by atoms with Gasteiger partial charge in [-0.15, -0.1) is 0 Å². The Bertz CT molecular complexity index is 1130. The van der Waals surface area contributed by atoms with Crippen LogP contribution in [-0.4, -0.2) is 24.6 Å². The highest BCUT2D eigenvalue weighted by molar-refractivity contribution is 9.10. The van der Waals surface area contributed by atoms with Gasteiger partial charge < -0.3 is 4.57 Å². The van der Waals surface area contributed by atoms with Crippen LogP contribution < -0.4 is 4.80 Å². The molecule has 8 heteroatoms. The number of sulfone groups is 1. The Morgan fingerprint density at radius 3 is 2.59 bits per heavy atom. The van der Waals surface area contributed by atoms with Crippen molar-refractivity contribution in [2.75, 3.05) is 5.75 Å². The summed E-state index contributed by atoms with van der Waals surface area (Å²) in [5.74, 6) is -0.687. The second-order valence-electron chi connectivity index (χ2n) is 6.05. The van der Waals surface area contributed by atoms with E-state index in [4.69, 9.17) is 0 Å². The quantitative estimate of drug-likeness (QED) is 0.552. The van der Waals surface area contributed by atoms with Crippen LogP contribution in [0.5, 0.6) is 0 Å². The maximum absolute atomic E-state index is 12.3. The standard InChI is InChI=1S/C19H19BrN2O3S2/c1-2-22-18-15(20)9-6-10-16(18)26-19(22)21-17(23)11-12-27(24,25)13-14-7-4-3-5-8-14/h3-10H,2,11-13H2,1H3. The van der Waals surface area contributed by atoms with Gasteiger partial charge in [-0.1, -0.05) is 47.7 Å². The van der Waals surface area contributed by atoms with Crippen LogP contribution >= 0.6 is 27.3 Å². The number of carbonyl (C=O) groups is 1. The van der Waals surface area contributed by atoms with Crippen molar-refractivity contribution in [3.8, 4) is 0 Å². The van der Waals surface area contributed by atoms with Crippen molar-refractivity contribution in [3.05, 3.63) is 63.4 Å². The number of benzene rings is 2. The predicted octanol–water partition coefficient (Wildman–Crippen LogP) is 3.92. The molecule has 3 rings (SSSR count). The number of fused-ring (bicyclic) bond motifs is 1. The SMILES string of the molecule is CCn1c(=NC(=O)CCS(=O)(=O)Cc2ccccc2)sc2cccc(Br)c21. The summed E-state index contributed by atoms with van der Waals surface area (Å²) in [4.78, 5) is 17.1. The topological polar surface area (TPSA) is 68.5 Å². The fourth-order valence-electron chi connectivity index (χ4n) is 2.77. The lowest BCUT2D eigenvalue weighted by atomic mass is 10.2. The molecule has 0 saturated carbocycles. The molecule has 27 heavy (non-hydrogen) atoms. The van der Waals surface area contributed by atoms with Crippen molar-refractivity contribution in [3.63, 3.8) is 0 Å². The van der Waals surface area contributed by atoms with Crippen molar-refractivity contribution >= 4 is 53.2 Å². The summed E-state index contributed by atoms with van der Waals surface area (Å²) in [6.07, 6.45) is -0.117. The largest absolute Gasteiger partial charge is 0.316 e. The predicted molar refractivity (Wildman–Crippen MR) is 112 cm³/mol. The molecule has 0 aliphatic carbocycles. The number of hydrogen-bond donors (Lipinski definition) is 0. The average molecular weight is 467 g/mol. The molecular weight excluding hydrogens is 448 g/mol. The van der Waals surface area contributed by atoms with Gasteiger partial charge in [0.2, 0.25) is 5.91 Å². The van der Waals surface area contributed by atoms with Gasteiger partial charge in [-0.2, -0.15) is 4.99 Å². The molecule has 0 spiro atoms. The molecule has 2 aromatic carbocycles. The molecule has 3 aromatic rings. The van der Waals surface area contributed by atoms with E-state index in [9.17, 15) is 13.2 Å². The third-order valence-corrected chi connectivity index (χ3v) is 7.33. The third-order valence-electron chi connectivity index (χ3n) is 4.04. The third kappa shape index (κ3) is 4.94. The Kier molecular flexibility index (Phi) is 6.29. The number of rotatable bonds is 6. The van der Waals surface area contributed by atoms with Crippen molar-refractivity contribution in [2.45, 2.75) is 25.6 Å². The lowest BCUT2D eigenvalue weighted by Gasteiger charge is -2.03. The van der Waals surface area contributed by atoms with Crippen LogP contribution in [0, 0.1) is 0 Å². The summed E-state index contributed by atoms with van der Waals surface area (Å²) < 4.78 is 28.4. The van der Waals surface area contributed by atoms with E-state index in [1.165, 1.54) is 11.3 Å². The van der Waals surface area contributed by atoms with Gasteiger partial charge in [0.25, 0.3) is 0 Å². The highest BCUT2D eigenvalue weighted by atomic mass is 79.9. The zero-order valence-corrected chi connectivity index (χ0v) is 18.0. The van der Waals surface area contributed by atoms with E-state index in [2.05, 4.69) is 20.9 Å². The van der Waals surface area contributed by atoms with Crippen LogP contribution in [0.4, 0.5) is 0 Å². The smallest absolute Gasteiger partial charge is 0.249 e. The Balaban J connectivity index is 1.77. The fourth-order valence-corrected chi connectivity index (χ4v) is 5.95. The molecule has 0 fully saturated rings. The van der Waals surface area contributed by atoms with Gasteiger partial charge in [-0.25, -0.2) is 8.42 Å². The number of thiazole rings is 1. The molecule has 1 aromatic heterocycles. The normalized spacial score (nSPS) is 12.6. The van der Waals surface area contributed by atoms with Crippen LogP contribution in [0.3, 0.4) is 0 Å². The first kappa shape index (κ1) is 20.0. The number of nitrogens with zero attached hydrogens (tertiary/aromatic N) is 2. The van der Waals surface area contributed by atoms with E-state index < -0.39 is 15.7 Å². The Morgan fingerprint density at radius 2 is 1.89 bits per heavy atom. The number of halogens is 1. The maximum atomic E-state index is 12.3. The number of carbonyl (C=O) groups excluding carboxylic acids is 1. The van der Waals surface area contributed by atoms with Gasteiger partial charge in [0.1, 0.15) is 0 Å². The molecule has 0 aliphatic rings. The Labute approximate surface area is 170 Å². The summed E-state index contributed by atoms with van der Waals surface area (Å²) in [5.41, 5.74) is 1.72. The van der Waals surface area contributed by atoms with Gasteiger partial charge in [-0.05, 0) is 40.5 Å².